The van der Waals surface area contributed by atoms with Crippen LogP contribution in [0.15, 0.2) is 23.8 Å². The first kappa shape index (κ1) is 13.5. The monoisotopic (exact) mass is 277 g/mol. The molecule has 100 valence electrons. The number of carbonyl (C=O) groups is 1. The Hall–Kier alpha value is -1.95. The molecule has 2 aromatic heterocycles. The number of amides is 1. The lowest BCUT2D eigenvalue weighted by Crippen LogP contribution is -2.21. The van der Waals surface area contributed by atoms with Crippen LogP contribution in [0.25, 0.3) is 10.7 Å². The third-order valence-corrected chi connectivity index (χ3v) is 3.29. The molecule has 0 atom stereocenters. The minimum Gasteiger partial charge on any atom is -0.410 e. The Morgan fingerprint density at radius 2 is 2.05 bits per heavy atom. The predicted octanol–water partition coefficient (Wildman–Crippen LogP) is 2.96. The third kappa shape index (κ3) is 2.90. The second kappa shape index (κ2) is 4.97. The Labute approximate surface area is 115 Å². The van der Waals surface area contributed by atoms with Crippen molar-refractivity contribution in [2.45, 2.75) is 26.2 Å². The number of ether oxygens (including phenoxy) is 1. The van der Waals surface area contributed by atoms with Crippen molar-refractivity contribution in [2.75, 3.05) is 0 Å². The van der Waals surface area contributed by atoms with Gasteiger partial charge in [-0.15, -0.1) is 11.3 Å². The molecule has 0 bridgehead atoms. The molecule has 2 rings (SSSR count). The normalized spacial score (nSPS) is 11.3. The molecule has 0 aliphatic rings. The van der Waals surface area contributed by atoms with Gasteiger partial charge in [-0.05, 0) is 11.5 Å². The van der Waals surface area contributed by atoms with E-state index in [1.165, 1.54) is 11.3 Å². The minimum atomic E-state index is -0.832. The summed E-state index contributed by atoms with van der Waals surface area (Å²) in [5.41, 5.74) is 6.41. The van der Waals surface area contributed by atoms with E-state index in [9.17, 15) is 4.79 Å². The first-order valence-corrected chi connectivity index (χ1v) is 6.64. The molecule has 5 nitrogen and oxygen atoms in total. The number of primary amides is 1. The van der Waals surface area contributed by atoms with Crippen LogP contribution in [0.5, 0.6) is 5.75 Å². The highest BCUT2D eigenvalue weighted by molar-refractivity contribution is 7.13. The molecular formula is C13H15N3O2S. The van der Waals surface area contributed by atoms with Gasteiger partial charge in [0, 0.05) is 23.3 Å². The molecular weight excluding hydrogens is 262 g/mol. The van der Waals surface area contributed by atoms with Crippen molar-refractivity contribution in [1.82, 2.24) is 9.97 Å². The summed E-state index contributed by atoms with van der Waals surface area (Å²) in [5, 5.41) is 2.67. The highest BCUT2D eigenvalue weighted by Crippen LogP contribution is 2.38. The Kier molecular flexibility index (Phi) is 3.53. The van der Waals surface area contributed by atoms with Gasteiger partial charge in [-0.25, -0.2) is 9.78 Å². The highest BCUT2D eigenvalue weighted by Gasteiger charge is 2.26. The summed E-state index contributed by atoms with van der Waals surface area (Å²) in [7, 11) is 0. The van der Waals surface area contributed by atoms with E-state index in [0.29, 0.717) is 5.75 Å². The van der Waals surface area contributed by atoms with E-state index in [0.717, 1.165) is 16.3 Å². The molecule has 19 heavy (non-hydrogen) atoms. The van der Waals surface area contributed by atoms with Crippen LogP contribution in [0.3, 0.4) is 0 Å². The van der Waals surface area contributed by atoms with Crippen LogP contribution in [0.2, 0.25) is 0 Å². The summed E-state index contributed by atoms with van der Waals surface area (Å²) < 4.78 is 5.09. The van der Waals surface area contributed by atoms with Crippen LogP contribution < -0.4 is 10.5 Å². The van der Waals surface area contributed by atoms with Crippen LogP contribution in [0.4, 0.5) is 4.79 Å². The molecule has 2 heterocycles. The van der Waals surface area contributed by atoms with E-state index in [1.807, 2.05) is 26.2 Å². The van der Waals surface area contributed by atoms with Crippen molar-refractivity contribution >= 4 is 17.4 Å². The van der Waals surface area contributed by atoms with Gasteiger partial charge in [0.1, 0.15) is 16.5 Å². The zero-order valence-corrected chi connectivity index (χ0v) is 11.8. The molecule has 0 aromatic carbocycles. The first-order chi connectivity index (χ1) is 8.89. The van der Waals surface area contributed by atoms with Crippen molar-refractivity contribution < 1.29 is 9.53 Å². The molecule has 0 spiro atoms. The second-order valence-corrected chi connectivity index (χ2v) is 5.94. The molecule has 0 aliphatic heterocycles. The van der Waals surface area contributed by atoms with Crippen LogP contribution in [0, 0.1) is 0 Å². The lowest BCUT2D eigenvalue weighted by molar-refractivity contribution is 0.210. The zero-order valence-electron chi connectivity index (χ0n) is 11.0. The molecule has 0 unspecified atom stereocenters. The Balaban J connectivity index is 2.64. The fourth-order valence-corrected chi connectivity index (χ4v) is 2.50. The average molecular weight is 277 g/mol. The van der Waals surface area contributed by atoms with Gasteiger partial charge in [0.05, 0.1) is 0 Å². The van der Waals surface area contributed by atoms with Gasteiger partial charge in [0.2, 0.25) is 0 Å². The number of nitrogens with two attached hydrogens (primary N) is 1. The summed E-state index contributed by atoms with van der Waals surface area (Å²) in [6.45, 7) is 6.07. The number of carbonyl (C=O) groups excluding carboxylic acids is 1. The van der Waals surface area contributed by atoms with E-state index in [4.69, 9.17) is 10.5 Å². The SMILES string of the molecule is CC(C)(C)c1c(OC(N)=O)ccnc1-c1nccs1. The topological polar surface area (TPSA) is 78.1 Å². The maximum absolute atomic E-state index is 11.0. The number of aromatic nitrogens is 2. The quantitative estimate of drug-likeness (QED) is 0.915. The van der Waals surface area contributed by atoms with E-state index in [2.05, 4.69) is 9.97 Å². The van der Waals surface area contributed by atoms with E-state index >= 15 is 0 Å². The number of pyridine rings is 1. The van der Waals surface area contributed by atoms with Gasteiger partial charge in [0.15, 0.2) is 0 Å². The van der Waals surface area contributed by atoms with Crippen LogP contribution in [-0.4, -0.2) is 16.1 Å². The maximum atomic E-state index is 11.0. The number of nitrogens with zero attached hydrogens (tertiary/aromatic N) is 2. The molecule has 0 saturated carbocycles. The number of hydrogen-bond acceptors (Lipinski definition) is 5. The summed E-state index contributed by atoms with van der Waals surface area (Å²) in [4.78, 5) is 19.6. The van der Waals surface area contributed by atoms with Crippen molar-refractivity contribution in [3.63, 3.8) is 0 Å². The van der Waals surface area contributed by atoms with Crippen molar-refractivity contribution in [3.8, 4) is 16.5 Å². The summed E-state index contributed by atoms with van der Waals surface area (Å²) in [6, 6.07) is 1.64. The van der Waals surface area contributed by atoms with E-state index < -0.39 is 6.09 Å². The van der Waals surface area contributed by atoms with Gasteiger partial charge in [-0.2, -0.15) is 0 Å². The van der Waals surface area contributed by atoms with Gasteiger partial charge >= 0.3 is 6.09 Å². The largest absolute Gasteiger partial charge is 0.410 e. The molecule has 0 saturated heterocycles. The second-order valence-electron chi connectivity index (χ2n) is 5.04. The fourth-order valence-electron chi connectivity index (χ4n) is 1.86. The molecule has 1 amide bonds. The summed E-state index contributed by atoms with van der Waals surface area (Å²) >= 11 is 1.49. The highest BCUT2D eigenvalue weighted by atomic mass is 32.1. The van der Waals surface area contributed by atoms with Crippen LogP contribution >= 0.6 is 11.3 Å². The summed E-state index contributed by atoms with van der Waals surface area (Å²) in [6.07, 6.45) is 2.47. The van der Waals surface area contributed by atoms with Crippen LogP contribution in [-0.2, 0) is 5.41 Å². The van der Waals surface area contributed by atoms with E-state index in [-0.39, 0.29) is 5.41 Å². The van der Waals surface area contributed by atoms with Gasteiger partial charge < -0.3 is 10.5 Å². The summed E-state index contributed by atoms with van der Waals surface area (Å²) in [5.74, 6) is 0.431. The Bertz CT molecular complexity index is 588. The average Bonchev–Trinajstić information content (AvgIpc) is 2.79. The maximum Gasteiger partial charge on any atom is 0.409 e. The lowest BCUT2D eigenvalue weighted by atomic mass is 9.85. The van der Waals surface area contributed by atoms with E-state index in [1.54, 1.807) is 18.5 Å². The predicted molar refractivity (Wildman–Crippen MR) is 74.3 cm³/mol. The van der Waals surface area contributed by atoms with Gasteiger partial charge in [-0.3, -0.25) is 4.98 Å². The molecule has 2 aromatic rings. The number of thiazole rings is 1. The fraction of sp³-hybridized carbons (Fsp3) is 0.308. The molecule has 0 radical (unpaired) electrons. The number of rotatable bonds is 2. The Morgan fingerprint density at radius 3 is 2.58 bits per heavy atom. The number of hydrogen-bond donors (Lipinski definition) is 1. The molecule has 0 aliphatic carbocycles. The van der Waals surface area contributed by atoms with Crippen molar-refractivity contribution in [3.05, 3.63) is 29.4 Å². The molecule has 0 fully saturated rings. The molecule has 2 N–H and O–H groups in total. The Morgan fingerprint density at radius 1 is 1.32 bits per heavy atom. The van der Waals surface area contributed by atoms with Crippen molar-refractivity contribution in [1.29, 1.82) is 0 Å². The first-order valence-electron chi connectivity index (χ1n) is 5.76. The lowest BCUT2D eigenvalue weighted by Gasteiger charge is -2.23. The standard InChI is InChI=1S/C13H15N3O2S/c1-13(2,3)9-8(18-12(14)17)4-5-15-10(9)11-16-6-7-19-11/h4-7H,1-3H3,(H2,14,17). The minimum absolute atomic E-state index is 0.250. The van der Waals surface area contributed by atoms with Gasteiger partial charge in [-0.1, -0.05) is 20.8 Å². The zero-order chi connectivity index (χ0) is 14.0. The van der Waals surface area contributed by atoms with Crippen molar-refractivity contribution in [2.24, 2.45) is 5.73 Å². The smallest absolute Gasteiger partial charge is 0.409 e. The third-order valence-electron chi connectivity index (χ3n) is 2.51. The van der Waals surface area contributed by atoms with Gasteiger partial charge in [0.25, 0.3) is 0 Å². The van der Waals surface area contributed by atoms with Crippen LogP contribution in [0.1, 0.15) is 26.3 Å². The molecule has 6 heteroatoms.